The van der Waals surface area contributed by atoms with Crippen LogP contribution in [0.3, 0.4) is 0 Å². The van der Waals surface area contributed by atoms with Crippen LogP contribution >= 0.6 is 11.8 Å². The molecule has 13 heteroatoms. The van der Waals surface area contributed by atoms with Crippen LogP contribution in [0.2, 0.25) is 0 Å². The molecule has 2 saturated carbocycles. The number of azide groups is 1. The fourth-order valence-corrected chi connectivity index (χ4v) is 5.60. The number of hydrogen-bond donors (Lipinski definition) is 2. The van der Waals surface area contributed by atoms with Gasteiger partial charge >= 0.3 is 0 Å². The quantitative estimate of drug-likeness (QED) is 0.145. The SMILES string of the molecule is CCCSc1nc(N(C)C2CC2c2ccc(OC)cc2)c2nnn([C@@H]3C[C@H](N=[N+]=[N-])[C@@H](O)[C@H]3O)c2n1. The molecule has 5 rings (SSSR count). The first-order valence-corrected chi connectivity index (χ1v) is 13.0. The smallest absolute Gasteiger partial charge is 0.191 e. The van der Waals surface area contributed by atoms with Crippen molar-refractivity contribution < 1.29 is 14.9 Å². The molecule has 190 valence electrons. The summed E-state index contributed by atoms with van der Waals surface area (Å²) in [5.74, 6) is 2.74. The highest BCUT2D eigenvalue weighted by atomic mass is 32.2. The van der Waals surface area contributed by atoms with Gasteiger partial charge in [-0.3, -0.25) is 0 Å². The lowest BCUT2D eigenvalue weighted by Gasteiger charge is -2.20. The number of benzene rings is 1. The maximum Gasteiger partial charge on any atom is 0.191 e. The summed E-state index contributed by atoms with van der Waals surface area (Å²) in [6.45, 7) is 2.10. The van der Waals surface area contributed by atoms with Crippen molar-refractivity contribution in [1.82, 2.24) is 25.0 Å². The van der Waals surface area contributed by atoms with E-state index >= 15 is 0 Å². The summed E-state index contributed by atoms with van der Waals surface area (Å²) >= 11 is 1.55. The summed E-state index contributed by atoms with van der Waals surface area (Å²) in [4.78, 5) is 14.5. The van der Waals surface area contributed by atoms with Gasteiger partial charge in [-0.1, -0.05) is 41.1 Å². The first kappa shape index (κ1) is 24.6. The molecule has 2 aromatic heterocycles. The predicted molar refractivity (Wildman–Crippen MR) is 135 cm³/mol. The van der Waals surface area contributed by atoms with Crippen LogP contribution in [0.15, 0.2) is 34.5 Å². The molecule has 2 heterocycles. The maximum atomic E-state index is 10.7. The van der Waals surface area contributed by atoms with E-state index in [2.05, 4.69) is 44.3 Å². The fourth-order valence-electron chi connectivity index (χ4n) is 4.91. The average Bonchev–Trinajstić information content (AvgIpc) is 3.52. The zero-order valence-electron chi connectivity index (χ0n) is 20.3. The highest BCUT2D eigenvalue weighted by Gasteiger charge is 2.45. The number of methoxy groups -OCH3 is 1. The lowest BCUT2D eigenvalue weighted by molar-refractivity contribution is 0.0164. The van der Waals surface area contributed by atoms with E-state index in [4.69, 9.17) is 20.2 Å². The Morgan fingerprint density at radius 2 is 2.00 bits per heavy atom. The molecule has 1 aromatic carbocycles. The zero-order valence-corrected chi connectivity index (χ0v) is 21.2. The van der Waals surface area contributed by atoms with Crippen LogP contribution in [0.1, 0.15) is 43.7 Å². The van der Waals surface area contributed by atoms with Crippen LogP contribution < -0.4 is 9.64 Å². The third-order valence-electron chi connectivity index (χ3n) is 6.99. The lowest BCUT2D eigenvalue weighted by Crippen LogP contribution is -2.31. The van der Waals surface area contributed by atoms with E-state index in [1.54, 1.807) is 23.6 Å². The second-order valence-electron chi connectivity index (χ2n) is 9.23. The molecule has 6 atom stereocenters. The number of thioether (sulfide) groups is 1. The number of fused-ring (bicyclic) bond motifs is 1. The number of ether oxygens (including phenoxy) is 1. The van der Waals surface area contributed by atoms with Crippen molar-refractivity contribution in [1.29, 1.82) is 0 Å². The van der Waals surface area contributed by atoms with Gasteiger partial charge in [0, 0.05) is 29.7 Å². The summed E-state index contributed by atoms with van der Waals surface area (Å²) in [5.41, 5.74) is 11.1. The van der Waals surface area contributed by atoms with E-state index in [-0.39, 0.29) is 12.5 Å². The topological polar surface area (TPSA) is 158 Å². The van der Waals surface area contributed by atoms with E-state index in [9.17, 15) is 10.2 Å². The van der Waals surface area contributed by atoms with Gasteiger partial charge in [-0.2, -0.15) is 0 Å². The maximum absolute atomic E-state index is 10.7. The summed E-state index contributed by atoms with van der Waals surface area (Å²) < 4.78 is 6.82. The van der Waals surface area contributed by atoms with Crippen LogP contribution in [0.25, 0.3) is 21.6 Å². The number of hydrogen-bond acceptors (Lipinski definition) is 10. The first-order valence-electron chi connectivity index (χ1n) is 12.0. The van der Waals surface area contributed by atoms with Crippen LogP contribution in [-0.4, -0.2) is 79.4 Å². The van der Waals surface area contributed by atoms with Gasteiger partial charge in [-0.05, 0) is 42.5 Å². The predicted octanol–water partition coefficient (Wildman–Crippen LogP) is 3.07. The number of rotatable bonds is 9. The zero-order chi connectivity index (χ0) is 25.4. The van der Waals surface area contributed by atoms with Crippen LogP contribution in [0.5, 0.6) is 5.75 Å². The van der Waals surface area contributed by atoms with Crippen molar-refractivity contribution in [2.24, 2.45) is 5.11 Å². The minimum absolute atomic E-state index is 0.236. The van der Waals surface area contributed by atoms with Gasteiger partial charge < -0.3 is 19.8 Å². The van der Waals surface area contributed by atoms with E-state index in [0.29, 0.717) is 28.1 Å². The molecule has 0 amide bonds. The van der Waals surface area contributed by atoms with Gasteiger partial charge in [0.15, 0.2) is 22.1 Å². The molecular weight excluding hydrogens is 482 g/mol. The number of aliphatic hydroxyl groups excluding tert-OH is 2. The number of likely N-dealkylation sites (N-methyl/N-ethyl adjacent to an activating group) is 1. The van der Waals surface area contributed by atoms with Gasteiger partial charge in [0.25, 0.3) is 0 Å². The average molecular weight is 512 g/mol. The third-order valence-corrected chi connectivity index (χ3v) is 8.04. The molecule has 0 bridgehead atoms. The molecule has 2 unspecified atom stereocenters. The Balaban J connectivity index is 1.48. The van der Waals surface area contributed by atoms with Gasteiger partial charge in [-0.25, -0.2) is 14.6 Å². The second kappa shape index (κ2) is 10.1. The number of aromatic nitrogens is 5. The van der Waals surface area contributed by atoms with Crippen LogP contribution in [0.4, 0.5) is 5.82 Å². The summed E-state index contributed by atoms with van der Waals surface area (Å²) in [7, 11) is 3.67. The minimum Gasteiger partial charge on any atom is -0.497 e. The molecule has 12 nitrogen and oxygen atoms in total. The fraction of sp³-hybridized carbons (Fsp3) is 0.565. The van der Waals surface area contributed by atoms with Crippen molar-refractivity contribution in [3.05, 3.63) is 40.3 Å². The Labute approximate surface area is 212 Å². The molecule has 0 radical (unpaired) electrons. The van der Waals surface area contributed by atoms with Crippen molar-refractivity contribution in [2.45, 2.75) is 67.6 Å². The molecular formula is C23H29N9O3S. The summed E-state index contributed by atoms with van der Waals surface area (Å²) in [6.07, 6.45) is -0.143. The molecule has 0 saturated heterocycles. The Morgan fingerprint density at radius 1 is 1.22 bits per heavy atom. The molecule has 36 heavy (non-hydrogen) atoms. The Bertz CT molecular complexity index is 1280. The van der Waals surface area contributed by atoms with Crippen molar-refractivity contribution in [3.63, 3.8) is 0 Å². The van der Waals surface area contributed by atoms with E-state index in [1.807, 2.05) is 19.2 Å². The van der Waals surface area contributed by atoms with Crippen molar-refractivity contribution in [3.8, 4) is 5.75 Å². The second-order valence-corrected chi connectivity index (χ2v) is 10.3. The molecule has 2 N–H and O–H groups in total. The molecule has 2 fully saturated rings. The van der Waals surface area contributed by atoms with Gasteiger partial charge in [-0.15, -0.1) is 5.10 Å². The Morgan fingerprint density at radius 3 is 2.69 bits per heavy atom. The normalized spacial score (nSPS) is 27.1. The Kier molecular flexibility index (Phi) is 6.89. The molecule has 3 aromatic rings. The molecule has 0 aliphatic heterocycles. The highest BCUT2D eigenvalue weighted by molar-refractivity contribution is 7.99. The van der Waals surface area contributed by atoms with Crippen LogP contribution in [-0.2, 0) is 0 Å². The van der Waals surface area contributed by atoms with Gasteiger partial charge in [0.05, 0.1) is 25.3 Å². The number of aliphatic hydroxyl groups is 2. The Hall–Kier alpha value is -3.12. The largest absolute Gasteiger partial charge is 0.497 e. The lowest BCUT2D eigenvalue weighted by atomic mass is 10.1. The molecule has 2 aliphatic rings. The van der Waals surface area contributed by atoms with E-state index in [1.165, 1.54) is 5.56 Å². The molecule has 2 aliphatic carbocycles. The minimum atomic E-state index is -1.18. The number of anilines is 1. The third kappa shape index (κ3) is 4.43. The highest BCUT2D eigenvalue weighted by Crippen LogP contribution is 2.46. The van der Waals surface area contributed by atoms with Crippen molar-refractivity contribution >= 4 is 28.7 Å². The van der Waals surface area contributed by atoms with Crippen molar-refractivity contribution in [2.75, 3.05) is 24.8 Å². The number of nitrogens with zero attached hydrogens (tertiary/aromatic N) is 9. The molecule has 0 spiro atoms. The summed E-state index contributed by atoms with van der Waals surface area (Å²) in [6, 6.07) is 7.03. The van der Waals surface area contributed by atoms with Crippen LogP contribution in [0, 0.1) is 0 Å². The van der Waals surface area contributed by atoms with E-state index < -0.39 is 24.3 Å². The summed E-state index contributed by atoms with van der Waals surface area (Å²) in [5, 5.41) is 34.0. The van der Waals surface area contributed by atoms with Gasteiger partial charge in [0.1, 0.15) is 11.9 Å². The standard InChI is InChI=1S/C23H29N9O3S/c1-4-9-36-23-25-21(31(2)16-10-14(16)12-5-7-13(35-3)8-6-12)18-22(26-23)32(30-28-18)17-11-15(27-29-24)19(33)20(17)34/h5-8,14-17,19-20,33-34H,4,9-11H2,1-3H3/t14?,15-,16?,17+,19+,20-/m0/s1. The monoisotopic (exact) mass is 511 g/mol. The van der Waals surface area contributed by atoms with E-state index in [0.717, 1.165) is 24.3 Å². The van der Waals surface area contributed by atoms with Gasteiger partial charge in [0.2, 0.25) is 0 Å². The first-order chi connectivity index (χ1) is 17.5.